The summed E-state index contributed by atoms with van der Waals surface area (Å²) in [6.45, 7) is 2.60. The molecule has 0 saturated heterocycles. The first-order valence-electron chi connectivity index (χ1n) is 9.87. The Kier molecular flexibility index (Phi) is 7.32. The summed E-state index contributed by atoms with van der Waals surface area (Å²) in [5, 5.41) is 4.96. The molecule has 7 heteroatoms. The Labute approximate surface area is 179 Å². The second-order valence-corrected chi connectivity index (χ2v) is 7.02. The van der Waals surface area contributed by atoms with Gasteiger partial charge in [-0.25, -0.2) is 13.6 Å². The molecule has 3 rings (SSSR count). The van der Waals surface area contributed by atoms with Gasteiger partial charge < -0.3 is 15.5 Å². The molecule has 31 heavy (non-hydrogen) atoms. The number of aryl methyl sites for hydroxylation is 1. The van der Waals surface area contributed by atoms with Crippen molar-refractivity contribution in [3.8, 4) is 0 Å². The molecule has 0 saturated carbocycles. The standard InChI is InChI=1S/C24H23F2N3O2/c1-17-8-10-18(11-9-17)23(30)29(20-6-3-2-4-7-20)15-5-14-27-24(31)28-22-13-12-19(25)16-21(22)26/h2-4,6-13,16H,5,14-15H2,1H3,(H2,27,28,31). The van der Waals surface area contributed by atoms with Gasteiger partial charge >= 0.3 is 6.03 Å². The number of rotatable bonds is 7. The third-order valence-corrected chi connectivity index (χ3v) is 4.63. The number of nitrogens with one attached hydrogen (secondary N) is 2. The molecule has 0 fully saturated rings. The minimum absolute atomic E-state index is 0.112. The van der Waals surface area contributed by atoms with Gasteiger partial charge in [-0.05, 0) is 49.7 Å². The summed E-state index contributed by atoms with van der Waals surface area (Å²) in [7, 11) is 0. The number of carbonyl (C=O) groups excluding carboxylic acids is 2. The lowest BCUT2D eigenvalue weighted by atomic mass is 10.1. The smallest absolute Gasteiger partial charge is 0.319 e. The lowest BCUT2D eigenvalue weighted by molar-refractivity contribution is 0.0986. The van der Waals surface area contributed by atoms with E-state index < -0.39 is 17.7 Å². The molecule has 160 valence electrons. The molecule has 0 aromatic heterocycles. The molecule has 0 atom stereocenters. The van der Waals surface area contributed by atoms with E-state index in [0.717, 1.165) is 23.4 Å². The van der Waals surface area contributed by atoms with E-state index in [0.29, 0.717) is 24.6 Å². The van der Waals surface area contributed by atoms with E-state index in [4.69, 9.17) is 0 Å². The highest BCUT2D eigenvalue weighted by molar-refractivity contribution is 6.06. The van der Waals surface area contributed by atoms with Crippen LogP contribution in [0.15, 0.2) is 72.8 Å². The molecule has 3 aromatic carbocycles. The zero-order valence-electron chi connectivity index (χ0n) is 17.1. The van der Waals surface area contributed by atoms with Crippen LogP contribution in [-0.2, 0) is 0 Å². The van der Waals surface area contributed by atoms with Crippen LogP contribution >= 0.6 is 0 Å². The Balaban J connectivity index is 1.58. The second kappa shape index (κ2) is 10.3. The van der Waals surface area contributed by atoms with Gasteiger partial charge in [-0.15, -0.1) is 0 Å². The van der Waals surface area contributed by atoms with Crippen LogP contribution in [0.4, 0.5) is 25.0 Å². The predicted molar refractivity (Wildman–Crippen MR) is 117 cm³/mol. The average molecular weight is 423 g/mol. The van der Waals surface area contributed by atoms with Gasteiger partial charge in [0.15, 0.2) is 0 Å². The van der Waals surface area contributed by atoms with Gasteiger partial charge in [0.1, 0.15) is 11.6 Å². The third-order valence-electron chi connectivity index (χ3n) is 4.63. The zero-order chi connectivity index (χ0) is 22.2. The fraction of sp³-hybridized carbons (Fsp3) is 0.167. The van der Waals surface area contributed by atoms with Crippen LogP contribution in [0.25, 0.3) is 0 Å². The highest BCUT2D eigenvalue weighted by atomic mass is 19.1. The number of benzene rings is 3. The summed E-state index contributed by atoms with van der Waals surface area (Å²) in [6, 6.07) is 18.9. The molecule has 3 amide bonds. The van der Waals surface area contributed by atoms with Gasteiger partial charge in [0.05, 0.1) is 5.69 Å². The maximum Gasteiger partial charge on any atom is 0.319 e. The molecular weight excluding hydrogens is 400 g/mol. The van der Waals surface area contributed by atoms with Gasteiger partial charge in [-0.3, -0.25) is 4.79 Å². The van der Waals surface area contributed by atoms with E-state index in [1.165, 1.54) is 0 Å². The Morgan fingerprint density at radius 3 is 2.32 bits per heavy atom. The first-order chi connectivity index (χ1) is 14.9. The van der Waals surface area contributed by atoms with Crippen LogP contribution in [0.1, 0.15) is 22.3 Å². The number of amides is 3. The van der Waals surface area contributed by atoms with Crippen molar-refractivity contribution in [3.63, 3.8) is 0 Å². The average Bonchev–Trinajstić information content (AvgIpc) is 2.76. The molecule has 0 aliphatic carbocycles. The zero-order valence-corrected chi connectivity index (χ0v) is 17.1. The van der Waals surface area contributed by atoms with Crippen LogP contribution in [0.3, 0.4) is 0 Å². The molecule has 0 heterocycles. The molecule has 2 N–H and O–H groups in total. The molecule has 0 aliphatic heterocycles. The van der Waals surface area contributed by atoms with Crippen molar-refractivity contribution >= 4 is 23.3 Å². The molecule has 0 spiro atoms. The summed E-state index contributed by atoms with van der Waals surface area (Å²) in [4.78, 5) is 26.7. The molecule has 5 nitrogen and oxygen atoms in total. The SMILES string of the molecule is Cc1ccc(C(=O)N(CCCNC(=O)Nc2ccc(F)cc2F)c2ccccc2)cc1. The van der Waals surface area contributed by atoms with Crippen LogP contribution in [-0.4, -0.2) is 25.0 Å². The molecule has 3 aromatic rings. The Hall–Kier alpha value is -3.74. The molecule has 0 aliphatic rings. The van der Waals surface area contributed by atoms with E-state index in [9.17, 15) is 18.4 Å². The first kappa shape index (κ1) is 22.0. The summed E-state index contributed by atoms with van der Waals surface area (Å²) in [5.41, 5.74) is 2.29. The molecule has 0 unspecified atom stereocenters. The Morgan fingerprint density at radius 2 is 1.65 bits per heavy atom. The van der Waals surface area contributed by atoms with Gasteiger partial charge in [0, 0.05) is 30.4 Å². The number of nitrogens with zero attached hydrogens (tertiary/aromatic N) is 1. The van der Waals surface area contributed by atoms with Crippen molar-refractivity contribution in [2.24, 2.45) is 0 Å². The largest absolute Gasteiger partial charge is 0.338 e. The Bertz CT molecular complexity index is 1040. The van der Waals surface area contributed by atoms with Gasteiger partial charge in [0.25, 0.3) is 5.91 Å². The summed E-state index contributed by atoms with van der Waals surface area (Å²) >= 11 is 0. The van der Waals surface area contributed by atoms with Crippen LogP contribution in [0.2, 0.25) is 0 Å². The lowest BCUT2D eigenvalue weighted by Gasteiger charge is -2.23. The maximum atomic E-state index is 13.6. The van der Waals surface area contributed by atoms with Crippen molar-refractivity contribution in [2.45, 2.75) is 13.3 Å². The second-order valence-electron chi connectivity index (χ2n) is 7.02. The topological polar surface area (TPSA) is 61.4 Å². The molecule has 0 radical (unpaired) electrons. The normalized spacial score (nSPS) is 10.4. The summed E-state index contributed by atoms with van der Waals surface area (Å²) in [5.74, 6) is -1.71. The molecule has 0 bridgehead atoms. The minimum atomic E-state index is -0.853. The number of carbonyl (C=O) groups is 2. The fourth-order valence-corrected chi connectivity index (χ4v) is 3.00. The third kappa shape index (κ3) is 6.12. The minimum Gasteiger partial charge on any atom is -0.338 e. The highest BCUT2D eigenvalue weighted by Crippen LogP contribution is 2.18. The van der Waals surface area contributed by atoms with Crippen molar-refractivity contribution in [2.75, 3.05) is 23.3 Å². The van der Waals surface area contributed by atoms with Gasteiger partial charge in [0.2, 0.25) is 0 Å². The lowest BCUT2D eigenvalue weighted by Crippen LogP contribution is -2.35. The number of halogens is 2. The van der Waals surface area contributed by atoms with E-state index >= 15 is 0 Å². The van der Waals surface area contributed by atoms with Crippen molar-refractivity contribution in [3.05, 3.63) is 95.6 Å². The fourth-order valence-electron chi connectivity index (χ4n) is 3.00. The number of anilines is 2. The molecular formula is C24H23F2N3O2. The van der Waals surface area contributed by atoms with E-state index in [1.807, 2.05) is 49.4 Å². The van der Waals surface area contributed by atoms with E-state index in [2.05, 4.69) is 10.6 Å². The first-order valence-corrected chi connectivity index (χ1v) is 9.87. The summed E-state index contributed by atoms with van der Waals surface area (Å²) in [6.07, 6.45) is 0.478. The Morgan fingerprint density at radius 1 is 0.935 bits per heavy atom. The van der Waals surface area contributed by atoms with Crippen molar-refractivity contribution in [1.82, 2.24) is 5.32 Å². The summed E-state index contributed by atoms with van der Waals surface area (Å²) < 4.78 is 26.6. The monoisotopic (exact) mass is 423 g/mol. The number of urea groups is 1. The van der Waals surface area contributed by atoms with Crippen LogP contribution in [0, 0.1) is 18.6 Å². The number of hydrogen-bond donors (Lipinski definition) is 2. The van der Waals surface area contributed by atoms with Crippen LogP contribution < -0.4 is 15.5 Å². The van der Waals surface area contributed by atoms with Crippen LogP contribution in [0.5, 0.6) is 0 Å². The predicted octanol–water partition coefficient (Wildman–Crippen LogP) is 5.13. The van der Waals surface area contributed by atoms with E-state index in [1.54, 1.807) is 17.0 Å². The number of hydrogen-bond acceptors (Lipinski definition) is 2. The van der Waals surface area contributed by atoms with Crippen molar-refractivity contribution < 1.29 is 18.4 Å². The maximum absolute atomic E-state index is 13.6. The number of para-hydroxylation sites is 1. The van der Waals surface area contributed by atoms with Gasteiger partial charge in [-0.2, -0.15) is 0 Å². The van der Waals surface area contributed by atoms with Gasteiger partial charge in [-0.1, -0.05) is 35.9 Å². The van der Waals surface area contributed by atoms with E-state index in [-0.39, 0.29) is 18.1 Å². The van der Waals surface area contributed by atoms with Crippen molar-refractivity contribution in [1.29, 1.82) is 0 Å². The quantitative estimate of drug-likeness (QED) is 0.518. The highest BCUT2D eigenvalue weighted by Gasteiger charge is 2.17.